The Bertz CT molecular complexity index is 980. The van der Waals surface area contributed by atoms with Gasteiger partial charge < -0.3 is 9.64 Å². The molecular formula is C24H32N2O3S. The van der Waals surface area contributed by atoms with Crippen molar-refractivity contribution in [3.63, 3.8) is 0 Å². The molecule has 0 spiro atoms. The Balaban J connectivity index is 1.53. The molecule has 1 atom stereocenters. The maximum Gasteiger partial charge on any atom is 0.244 e. The van der Waals surface area contributed by atoms with Crippen molar-refractivity contribution in [1.29, 1.82) is 0 Å². The van der Waals surface area contributed by atoms with Crippen molar-refractivity contribution >= 4 is 15.7 Å². The van der Waals surface area contributed by atoms with Crippen molar-refractivity contribution in [3.05, 3.63) is 53.1 Å². The van der Waals surface area contributed by atoms with Gasteiger partial charge in [0.25, 0.3) is 0 Å². The minimum absolute atomic E-state index is 0.238. The van der Waals surface area contributed by atoms with Gasteiger partial charge in [-0.2, -0.15) is 0 Å². The third-order valence-electron chi connectivity index (χ3n) is 6.36. The number of rotatable bonds is 6. The zero-order chi connectivity index (χ0) is 21.1. The molecule has 0 bridgehead atoms. The van der Waals surface area contributed by atoms with Crippen molar-refractivity contribution in [3.8, 4) is 5.75 Å². The van der Waals surface area contributed by atoms with Gasteiger partial charge in [-0.3, -0.25) is 0 Å². The molecule has 0 radical (unpaired) electrons. The van der Waals surface area contributed by atoms with Crippen LogP contribution in [0.3, 0.4) is 0 Å². The van der Waals surface area contributed by atoms with Crippen LogP contribution in [0.5, 0.6) is 5.75 Å². The Morgan fingerprint density at radius 3 is 2.20 bits per heavy atom. The Kier molecular flexibility index (Phi) is 6.34. The number of aryl methyl sites for hydroxylation is 2. The third kappa shape index (κ3) is 4.49. The molecule has 1 saturated heterocycles. The van der Waals surface area contributed by atoms with E-state index in [1.807, 2.05) is 31.2 Å². The predicted octanol–water partition coefficient (Wildman–Crippen LogP) is 4.60. The number of nitrogens with zero attached hydrogens (tertiary/aromatic N) is 1. The van der Waals surface area contributed by atoms with E-state index < -0.39 is 10.0 Å². The molecule has 2 aromatic rings. The lowest BCUT2D eigenvalue weighted by molar-refractivity contribution is 0.400. The van der Waals surface area contributed by atoms with Gasteiger partial charge in [-0.15, -0.1) is 0 Å². The first-order valence-corrected chi connectivity index (χ1v) is 12.5. The lowest BCUT2D eigenvalue weighted by Gasteiger charge is -2.29. The van der Waals surface area contributed by atoms with Crippen molar-refractivity contribution in [2.75, 3.05) is 25.1 Å². The van der Waals surface area contributed by atoms with Gasteiger partial charge in [-0.25, -0.2) is 13.1 Å². The van der Waals surface area contributed by atoms with Crippen LogP contribution in [0.2, 0.25) is 0 Å². The van der Waals surface area contributed by atoms with E-state index >= 15 is 0 Å². The molecule has 1 heterocycles. The van der Waals surface area contributed by atoms with E-state index in [1.54, 1.807) is 0 Å². The van der Waals surface area contributed by atoms with E-state index in [0.717, 1.165) is 49.9 Å². The summed E-state index contributed by atoms with van der Waals surface area (Å²) in [5.74, 6) is 0.427. The topological polar surface area (TPSA) is 58.6 Å². The second-order valence-electron chi connectivity index (χ2n) is 8.46. The Labute approximate surface area is 180 Å². The van der Waals surface area contributed by atoms with Crippen LogP contribution in [0.15, 0.2) is 41.3 Å². The number of fused-ring (bicyclic) bond motifs is 1. The smallest absolute Gasteiger partial charge is 0.244 e. The number of piperidine rings is 1. The number of hydrogen-bond donors (Lipinski definition) is 1. The Hall–Kier alpha value is -2.05. The summed E-state index contributed by atoms with van der Waals surface area (Å²) in [5, 5.41) is 0. The number of benzene rings is 2. The van der Waals surface area contributed by atoms with E-state index in [1.165, 1.54) is 37.6 Å². The first kappa shape index (κ1) is 21.2. The molecule has 4 rings (SSSR count). The van der Waals surface area contributed by atoms with Gasteiger partial charge in [-0.1, -0.05) is 12.1 Å². The standard InChI is InChI=1S/C24H32N2O3S/c1-18(19-10-12-22(13-11-19)26-14-6-3-7-15-26)25-30(27,28)24-17-21-9-5-4-8-20(21)16-23(24)29-2/h10-13,16-18,25H,3-9,14-15H2,1-2H3. The number of anilines is 1. The van der Waals surface area contributed by atoms with Gasteiger partial charge in [0.05, 0.1) is 7.11 Å². The van der Waals surface area contributed by atoms with Crippen LogP contribution in [-0.4, -0.2) is 28.6 Å². The molecule has 5 nitrogen and oxygen atoms in total. The zero-order valence-electron chi connectivity index (χ0n) is 18.0. The summed E-state index contributed by atoms with van der Waals surface area (Å²) in [4.78, 5) is 2.64. The summed E-state index contributed by atoms with van der Waals surface area (Å²) in [6.07, 6.45) is 7.94. The van der Waals surface area contributed by atoms with Crippen LogP contribution in [0, 0.1) is 0 Å². The number of hydrogen-bond acceptors (Lipinski definition) is 4. The van der Waals surface area contributed by atoms with Crippen molar-refractivity contribution in [2.45, 2.75) is 62.8 Å². The van der Waals surface area contributed by atoms with Crippen LogP contribution < -0.4 is 14.4 Å². The maximum atomic E-state index is 13.2. The van der Waals surface area contributed by atoms with Crippen molar-refractivity contribution in [2.24, 2.45) is 0 Å². The summed E-state index contributed by atoms with van der Waals surface area (Å²) in [6.45, 7) is 4.08. The lowest BCUT2D eigenvalue weighted by atomic mass is 9.92. The molecule has 1 aliphatic carbocycles. The molecule has 6 heteroatoms. The third-order valence-corrected chi connectivity index (χ3v) is 7.93. The van der Waals surface area contributed by atoms with Gasteiger partial charge in [0.1, 0.15) is 10.6 Å². The summed E-state index contributed by atoms with van der Waals surface area (Å²) in [5.41, 5.74) is 4.50. The summed E-state index contributed by atoms with van der Waals surface area (Å²) >= 11 is 0. The van der Waals surface area contributed by atoms with E-state index in [9.17, 15) is 8.42 Å². The molecule has 2 aliphatic rings. The van der Waals surface area contributed by atoms with Gasteiger partial charge in [0.15, 0.2) is 0 Å². The number of sulfonamides is 1. The summed E-state index contributed by atoms with van der Waals surface area (Å²) in [7, 11) is -2.17. The second-order valence-corrected chi connectivity index (χ2v) is 10.1. The molecule has 0 saturated carbocycles. The highest BCUT2D eigenvalue weighted by Crippen LogP contribution is 2.33. The molecule has 0 amide bonds. The summed E-state index contributed by atoms with van der Waals surface area (Å²) < 4.78 is 34.7. The molecule has 1 unspecified atom stereocenters. The number of ether oxygens (including phenoxy) is 1. The molecule has 0 aromatic heterocycles. The van der Waals surface area contributed by atoms with Crippen molar-refractivity contribution in [1.82, 2.24) is 4.72 Å². The van der Waals surface area contributed by atoms with E-state index in [2.05, 4.69) is 21.8 Å². The molecule has 162 valence electrons. The SMILES string of the molecule is COc1cc2c(cc1S(=O)(=O)NC(C)c1ccc(N3CCCCC3)cc1)CCCC2. The van der Waals surface area contributed by atoms with Gasteiger partial charge in [0, 0.05) is 24.8 Å². The molecule has 30 heavy (non-hydrogen) atoms. The quantitative estimate of drug-likeness (QED) is 0.730. The fourth-order valence-electron chi connectivity index (χ4n) is 4.60. The van der Waals surface area contributed by atoms with Crippen LogP contribution >= 0.6 is 0 Å². The molecular weight excluding hydrogens is 396 g/mol. The fraction of sp³-hybridized carbons (Fsp3) is 0.500. The predicted molar refractivity (Wildman–Crippen MR) is 121 cm³/mol. The van der Waals surface area contributed by atoms with Crippen LogP contribution in [0.1, 0.15) is 61.8 Å². The average molecular weight is 429 g/mol. The fourth-order valence-corrected chi connectivity index (χ4v) is 6.03. The minimum atomic E-state index is -3.70. The monoisotopic (exact) mass is 428 g/mol. The molecule has 1 aliphatic heterocycles. The largest absolute Gasteiger partial charge is 0.495 e. The van der Waals surface area contributed by atoms with E-state index in [-0.39, 0.29) is 10.9 Å². The Morgan fingerprint density at radius 1 is 0.933 bits per heavy atom. The Morgan fingerprint density at radius 2 is 1.57 bits per heavy atom. The normalized spacial score (nSPS) is 18.0. The second kappa shape index (κ2) is 8.98. The lowest BCUT2D eigenvalue weighted by Crippen LogP contribution is -2.29. The van der Waals surface area contributed by atoms with Gasteiger partial charge in [-0.05, 0) is 92.8 Å². The molecule has 2 aromatic carbocycles. The van der Waals surface area contributed by atoms with Gasteiger partial charge >= 0.3 is 0 Å². The maximum absolute atomic E-state index is 13.2. The summed E-state index contributed by atoms with van der Waals surface area (Å²) in [6, 6.07) is 11.6. The molecule has 1 N–H and O–H groups in total. The minimum Gasteiger partial charge on any atom is -0.495 e. The van der Waals surface area contributed by atoms with Crippen LogP contribution in [0.25, 0.3) is 0 Å². The zero-order valence-corrected chi connectivity index (χ0v) is 18.8. The average Bonchev–Trinajstić information content (AvgIpc) is 2.78. The highest BCUT2D eigenvalue weighted by atomic mass is 32.2. The first-order chi connectivity index (χ1) is 14.5. The van der Waals surface area contributed by atoms with E-state index in [0.29, 0.717) is 5.75 Å². The first-order valence-electron chi connectivity index (χ1n) is 11.0. The number of nitrogens with one attached hydrogen (secondary N) is 1. The van der Waals surface area contributed by atoms with Crippen molar-refractivity contribution < 1.29 is 13.2 Å². The number of methoxy groups -OCH3 is 1. The highest BCUT2D eigenvalue weighted by molar-refractivity contribution is 7.89. The van der Waals surface area contributed by atoms with E-state index in [4.69, 9.17) is 4.74 Å². The van der Waals surface area contributed by atoms with Gasteiger partial charge in [0.2, 0.25) is 10.0 Å². The highest BCUT2D eigenvalue weighted by Gasteiger charge is 2.25. The molecule has 1 fully saturated rings. The van der Waals surface area contributed by atoms with Crippen LogP contribution in [-0.2, 0) is 22.9 Å². The van der Waals surface area contributed by atoms with Crippen LogP contribution in [0.4, 0.5) is 5.69 Å².